The maximum atomic E-state index is 8.43. The molecular formula is C8H12N4. The second-order valence-corrected chi connectivity index (χ2v) is 2.87. The van der Waals surface area contributed by atoms with Crippen LogP contribution >= 0.6 is 0 Å². The van der Waals surface area contributed by atoms with Gasteiger partial charge in [-0.1, -0.05) is 0 Å². The lowest BCUT2D eigenvalue weighted by Gasteiger charge is -2.31. The van der Waals surface area contributed by atoms with Crippen molar-refractivity contribution < 1.29 is 0 Å². The van der Waals surface area contributed by atoms with Crippen LogP contribution in [0.15, 0.2) is 0 Å². The van der Waals surface area contributed by atoms with Crippen molar-refractivity contribution in [3.8, 4) is 12.1 Å². The lowest BCUT2D eigenvalue weighted by molar-refractivity contribution is 0.156. The average molecular weight is 164 g/mol. The largest absolute Gasteiger partial charge is 0.288 e. The lowest BCUT2D eigenvalue weighted by atomic mass is 10.3. The third kappa shape index (κ3) is 2.50. The van der Waals surface area contributed by atoms with Gasteiger partial charge >= 0.3 is 0 Å². The van der Waals surface area contributed by atoms with Crippen molar-refractivity contribution in [1.82, 2.24) is 9.80 Å². The number of nitrogens with zero attached hydrogens (tertiary/aromatic N) is 4. The Morgan fingerprint density at radius 3 is 1.42 bits per heavy atom. The zero-order valence-electron chi connectivity index (χ0n) is 7.03. The highest BCUT2D eigenvalue weighted by atomic mass is 15.3. The van der Waals surface area contributed by atoms with Crippen LogP contribution in [0.25, 0.3) is 0 Å². The van der Waals surface area contributed by atoms with Crippen LogP contribution in [-0.4, -0.2) is 49.1 Å². The van der Waals surface area contributed by atoms with Crippen LogP contribution in [0.2, 0.25) is 0 Å². The van der Waals surface area contributed by atoms with Crippen molar-refractivity contribution in [2.75, 3.05) is 39.3 Å². The Bertz CT molecular complexity index is 180. The molecule has 0 unspecified atom stereocenters. The van der Waals surface area contributed by atoms with Crippen LogP contribution in [0.3, 0.4) is 0 Å². The average Bonchev–Trinajstić information content (AvgIpc) is 2.09. The molecular weight excluding hydrogens is 152 g/mol. The van der Waals surface area contributed by atoms with E-state index in [0.717, 1.165) is 26.2 Å². The molecule has 0 spiro atoms. The monoisotopic (exact) mass is 164 g/mol. The van der Waals surface area contributed by atoms with E-state index in [-0.39, 0.29) is 0 Å². The van der Waals surface area contributed by atoms with E-state index in [2.05, 4.69) is 21.9 Å². The summed E-state index contributed by atoms with van der Waals surface area (Å²) in [6, 6.07) is 4.25. The minimum Gasteiger partial charge on any atom is -0.288 e. The molecule has 4 nitrogen and oxygen atoms in total. The van der Waals surface area contributed by atoms with Crippen LogP contribution in [0, 0.1) is 22.7 Å². The van der Waals surface area contributed by atoms with E-state index in [1.165, 1.54) is 0 Å². The molecule has 0 N–H and O–H groups in total. The highest BCUT2D eigenvalue weighted by Gasteiger charge is 2.15. The first kappa shape index (κ1) is 8.99. The van der Waals surface area contributed by atoms with Gasteiger partial charge in [0.1, 0.15) is 0 Å². The first-order chi connectivity index (χ1) is 5.86. The molecule has 1 rings (SSSR count). The van der Waals surface area contributed by atoms with Gasteiger partial charge < -0.3 is 0 Å². The lowest BCUT2D eigenvalue weighted by Crippen LogP contribution is -2.46. The normalized spacial score (nSPS) is 19.8. The minimum absolute atomic E-state index is 0.514. The van der Waals surface area contributed by atoms with E-state index in [0.29, 0.717) is 13.1 Å². The van der Waals surface area contributed by atoms with Gasteiger partial charge in [0.25, 0.3) is 0 Å². The maximum Gasteiger partial charge on any atom is 0.0866 e. The van der Waals surface area contributed by atoms with Gasteiger partial charge in [0.05, 0.1) is 25.2 Å². The first-order valence-electron chi connectivity index (χ1n) is 4.05. The van der Waals surface area contributed by atoms with Crippen LogP contribution in [0.5, 0.6) is 0 Å². The number of piperazine rings is 1. The molecule has 0 saturated carbocycles. The SMILES string of the molecule is N#CCN1CCN(CC#N)CC1. The third-order valence-electron chi connectivity index (χ3n) is 2.05. The maximum absolute atomic E-state index is 8.43. The molecule has 0 amide bonds. The molecule has 1 saturated heterocycles. The smallest absolute Gasteiger partial charge is 0.0866 e. The van der Waals surface area contributed by atoms with Crippen molar-refractivity contribution in [3.05, 3.63) is 0 Å². The summed E-state index contributed by atoms with van der Waals surface area (Å²) in [5.41, 5.74) is 0. The molecule has 0 atom stereocenters. The molecule has 0 aromatic rings. The van der Waals surface area contributed by atoms with Crippen LogP contribution in [0.1, 0.15) is 0 Å². The molecule has 0 radical (unpaired) electrons. The van der Waals surface area contributed by atoms with Crippen LogP contribution < -0.4 is 0 Å². The molecule has 1 heterocycles. The molecule has 12 heavy (non-hydrogen) atoms. The first-order valence-corrected chi connectivity index (χ1v) is 4.05. The highest BCUT2D eigenvalue weighted by Crippen LogP contribution is 1.99. The van der Waals surface area contributed by atoms with E-state index in [1.54, 1.807) is 0 Å². The van der Waals surface area contributed by atoms with E-state index >= 15 is 0 Å². The third-order valence-corrected chi connectivity index (χ3v) is 2.05. The summed E-state index contributed by atoms with van der Waals surface area (Å²) in [6.07, 6.45) is 0. The van der Waals surface area contributed by atoms with Gasteiger partial charge in [-0.2, -0.15) is 10.5 Å². The summed E-state index contributed by atoms with van der Waals surface area (Å²) >= 11 is 0. The Hall–Kier alpha value is -1.10. The Balaban J connectivity index is 2.22. The zero-order valence-corrected chi connectivity index (χ0v) is 7.03. The molecule has 1 fully saturated rings. The molecule has 4 heteroatoms. The topological polar surface area (TPSA) is 54.1 Å². The van der Waals surface area contributed by atoms with Crippen molar-refractivity contribution in [2.45, 2.75) is 0 Å². The Morgan fingerprint density at radius 2 is 1.17 bits per heavy atom. The van der Waals surface area contributed by atoms with Crippen LogP contribution in [-0.2, 0) is 0 Å². The molecule has 0 bridgehead atoms. The molecule has 1 aliphatic rings. The molecule has 64 valence electrons. The van der Waals surface area contributed by atoms with Crippen molar-refractivity contribution in [2.24, 2.45) is 0 Å². The Labute approximate surface area is 72.6 Å². The van der Waals surface area contributed by atoms with Gasteiger partial charge in [0.15, 0.2) is 0 Å². The van der Waals surface area contributed by atoms with E-state index in [1.807, 2.05) is 0 Å². The van der Waals surface area contributed by atoms with Gasteiger partial charge in [0, 0.05) is 26.2 Å². The molecule has 0 aliphatic carbocycles. The van der Waals surface area contributed by atoms with Crippen molar-refractivity contribution in [1.29, 1.82) is 10.5 Å². The molecule has 0 aromatic carbocycles. The summed E-state index contributed by atoms with van der Waals surface area (Å²) in [5.74, 6) is 0. The summed E-state index contributed by atoms with van der Waals surface area (Å²) in [6.45, 7) is 4.68. The number of nitriles is 2. The quantitative estimate of drug-likeness (QED) is 0.523. The fourth-order valence-electron chi connectivity index (χ4n) is 1.31. The zero-order chi connectivity index (χ0) is 8.81. The van der Waals surface area contributed by atoms with Gasteiger partial charge in [-0.3, -0.25) is 9.80 Å². The number of rotatable bonds is 2. The summed E-state index contributed by atoms with van der Waals surface area (Å²) in [4.78, 5) is 4.21. The van der Waals surface area contributed by atoms with Gasteiger partial charge in [-0.25, -0.2) is 0 Å². The van der Waals surface area contributed by atoms with Gasteiger partial charge in [-0.15, -0.1) is 0 Å². The van der Waals surface area contributed by atoms with Crippen molar-refractivity contribution in [3.63, 3.8) is 0 Å². The Morgan fingerprint density at radius 1 is 0.833 bits per heavy atom. The fourth-order valence-corrected chi connectivity index (χ4v) is 1.31. The summed E-state index contributed by atoms with van der Waals surface area (Å²) in [5, 5.41) is 16.9. The standard InChI is InChI=1S/C8H12N4/c9-1-3-11-5-7-12(4-2-10)8-6-11/h3-8H2. The molecule has 1 aliphatic heterocycles. The predicted octanol–water partition coefficient (Wildman–Crippen LogP) is -0.349. The fraction of sp³-hybridized carbons (Fsp3) is 0.750. The van der Waals surface area contributed by atoms with Gasteiger partial charge in [-0.05, 0) is 0 Å². The highest BCUT2D eigenvalue weighted by molar-refractivity contribution is 4.84. The van der Waals surface area contributed by atoms with E-state index in [9.17, 15) is 0 Å². The summed E-state index contributed by atoms with van der Waals surface area (Å²) in [7, 11) is 0. The molecule has 0 aromatic heterocycles. The number of hydrogen-bond acceptors (Lipinski definition) is 4. The predicted molar refractivity (Wildman–Crippen MR) is 44.1 cm³/mol. The van der Waals surface area contributed by atoms with Crippen molar-refractivity contribution >= 4 is 0 Å². The van der Waals surface area contributed by atoms with Crippen LogP contribution in [0.4, 0.5) is 0 Å². The second-order valence-electron chi connectivity index (χ2n) is 2.87. The number of hydrogen-bond donors (Lipinski definition) is 0. The Kier molecular flexibility index (Phi) is 3.53. The minimum atomic E-state index is 0.514. The summed E-state index contributed by atoms with van der Waals surface area (Å²) < 4.78 is 0. The van der Waals surface area contributed by atoms with Gasteiger partial charge in [0.2, 0.25) is 0 Å². The second kappa shape index (κ2) is 4.71. The van der Waals surface area contributed by atoms with E-state index in [4.69, 9.17) is 10.5 Å². The van der Waals surface area contributed by atoms with E-state index < -0.39 is 0 Å².